The number of nitrogens with two attached hydrogens (primary N) is 1. The Labute approximate surface area is 88.7 Å². The lowest BCUT2D eigenvalue weighted by Crippen LogP contribution is -2.10. The summed E-state index contributed by atoms with van der Waals surface area (Å²) in [7, 11) is 0. The van der Waals surface area contributed by atoms with Crippen molar-refractivity contribution in [1.29, 1.82) is 0 Å². The molecule has 3 nitrogen and oxygen atoms in total. The van der Waals surface area contributed by atoms with Gasteiger partial charge in [-0.25, -0.2) is 4.99 Å². The van der Waals surface area contributed by atoms with Crippen LogP contribution in [0.25, 0.3) is 0 Å². The molecule has 0 aliphatic carbocycles. The molecule has 1 aromatic rings. The highest BCUT2D eigenvalue weighted by Crippen LogP contribution is 2.33. The Morgan fingerprint density at radius 2 is 2.54 bits per heavy atom. The minimum Gasteiger partial charge on any atom is -0.463 e. The highest BCUT2D eigenvalue weighted by Gasteiger charge is 2.20. The summed E-state index contributed by atoms with van der Waals surface area (Å²) in [4.78, 5) is 6.63. The van der Waals surface area contributed by atoms with Crippen LogP contribution in [0.5, 0.6) is 0 Å². The first-order chi connectivity index (χ1) is 6.16. The number of rotatable bonds is 1. The fraction of sp³-hybridized carbons (Fsp3) is 0.375. The molecule has 1 atom stereocenters. The second-order valence-electron chi connectivity index (χ2n) is 2.85. The number of aliphatic imine (C=N–C) groups is 1. The molecule has 1 aromatic heterocycles. The molecule has 2 heterocycles. The number of hydrogen-bond donors (Lipinski definition) is 1. The molecule has 2 rings (SSSR count). The summed E-state index contributed by atoms with van der Waals surface area (Å²) in [5, 5.41) is 0. The lowest BCUT2D eigenvalue weighted by atomic mass is 10.3. The van der Waals surface area contributed by atoms with E-state index in [1.54, 1.807) is 11.3 Å². The van der Waals surface area contributed by atoms with Crippen LogP contribution in [0.15, 0.2) is 15.5 Å². The SMILES string of the molecule is Cc1sc(C2COC(N)=N2)cc1Br. The van der Waals surface area contributed by atoms with Gasteiger partial charge in [0.1, 0.15) is 12.6 Å². The Hall–Kier alpha value is -0.550. The summed E-state index contributed by atoms with van der Waals surface area (Å²) in [6, 6.07) is 2.47. The van der Waals surface area contributed by atoms with E-state index >= 15 is 0 Å². The second kappa shape index (κ2) is 3.31. The number of ether oxygens (including phenoxy) is 1. The molecule has 13 heavy (non-hydrogen) atoms. The molecule has 5 heteroatoms. The zero-order chi connectivity index (χ0) is 9.42. The molecule has 2 N–H and O–H groups in total. The van der Waals surface area contributed by atoms with Crippen molar-refractivity contribution in [2.75, 3.05) is 6.61 Å². The summed E-state index contributed by atoms with van der Waals surface area (Å²) in [6.45, 7) is 2.64. The van der Waals surface area contributed by atoms with E-state index in [1.165, 1.54) is 9.75 Å². The molecule has 1 unspecified atom stereocenters. The molecular formula is C8H9BrN2OS. The predicted molar refractivity (Wildman–Crippen MR) is 57.1 cm³/mol. The van der Waals surface area contributed by atoms with Gasteiger partial charge in [-0.3, -0.25) is 0 Å². The van der Waals surface area contributed by atoms with E-state index < -0.39 is 0 Å². The van der Waals surface area contributed by atoms with E-state index in [1.807, 2.05) is 0 Å². The number of nitrogens with zero attached hydrogens (tertiary/aromatic N) is 1. The van der Waals surface area contributed by atoms with Gasteiger partial charge in [0.15, 0.2) is 0 Å². The van der Waals surface area contributed by atoms with Gasteiger partial charge in [0.05, 0.1) is 0 Å². The average Bonchev–Trinajstić information content (AvgIpc) is 2.61. The second-order valence-corrected chi connectivity index (χ2v) is 4.99. The smallest absolute Gasteiger partial charge is 0.282 e. The van der Waals surface area contributed by atoms with Crippen LogP contribution in [-0.2, 0) is 4.74 Å². The molecule has 0 radical (unpaired) electrons. The van der Waals surface area contributed by atoms with E-state index in [0.717, 1.165) is 4.47 Å². The van der Waals surface area contributed by atoms with Gasteiger partial charge < -0.3 is 10.5 Å². The van der Waals surface area contributed by atoms with Gasteiger partial charge in [0.2, 0.25) is 0 Å². The fourth-order valence-electron chi connectivity index (χ4n) is 1.18. The Bertz CT molecular complexity index is 342. The van der Waals surface area contributed by atoms with Crippen LogP contribution in [0.1, 0.15) is 15.8 Å². The molecular weight excluding hydrogens is 252 g/mol. The van der Waals surface area contributed by atoms with Crippen molar-refractivity contribution in [3.05, 3.63) is 20.3 Å². The lowest BCUT2D eigenvalue weighted by Gasteiger charge is -1.98. The van der Waals surface area contributed by atoms with Crippen LogP contribution in [0, 0.1) is 6.92 Å². The molecule has 0 bridgehead atoms. The van der Waals surface area contributed by atoms with E-state index in [4.69, 9.17) is 10.5 Å². The number of thiophene rings is 1. The van der Waals surface area contributed by atoms with Crippen molar-refractivity contribution in [3.8, 4) is 0 Å². The predicted octanol–water partition coefficient (Wildman–Crippen LogP) is 2.21. The molecule has 70 valence electrons. The van der Waals surface area contributed by atoms with Crippen molar-refractivity contribution < 1.29 is 4.74 Å². The number of hydrogen-bond acceptors (Lipinski definition) is 4. The third kappa shape index (κ3) is 1.71. The molecule has 1 aliphatic rings. The molecule has 1 aliphatic heterocycles. The maximum Gasteiger partial charge on any atom is 0.282 e. The van der Waals surface area contributed by atoms with Crippen LogP contribution in [-0.4, -0.2) is 12.6 Å². The van der Waals surface area contributed by atoms with Gasteiger partial charge in [-0.15, -0.1) is 11.3 Å². The Kier molecular flexibility index (Phi) is 2.29. The summed E-state index contributed by atoms with van der Waals surface area (Å²) >= 11 is 5.19. The summed E-state index contributed by atoms with van der Waals surface area (Å²) in [5.41, 5.74) is 5.43. The lowest BCUT2D eigenvalue weighted by molar-refractivity contribution is 0.316. The van der Waals surface area contributed by atoms with Crippen molar-refractivity contribution in [2.45, 2.75) is 13.0 Å². The summed E-state index contributed by atoms with van der Waals surface area (Å²) in [6.07, 6.45) is 0. The van der Waals surface area contributed by atoms with Crippen LogP contribution >= 0.6 is 27.3 Å². The van der Waals surface area contributed by atoms with Crippen molar-refractivity contribution >= 4 is 33.3 Å². The monoisotopic (exact) mass is 260 g/mol. The van der Waals surface area contributed by atoms with E-state index in [2.05, 4.69) is 33.9 Å². The van der Waals surface area contributed by atoms with E-state index in [-0.39, 0.29) is 6.04 Å². The summed E-state index contributed by atoms with van der Waals surface area (Å²) < 4.78 is 6.22. The Morgan fingerprint density at radius 1 is 1.77 bits per heavy atom. The Morgan fingerprint density at radius 3 is 3.00 bits per heavy atom. The minimum atomic E-state index is 0.0926. The van der Waals surface area contributed by atoms with Crippen LogP contribution in [0.3, 0.4) is 0 Å². The highest BCUT2D eigenvalue weighted by molar-refractivity contribution is 9.10. The van der Waals surface area contributed by atoms with Gasteiger partial charge in [-0.05, 0) is 28.9 Å². The third-order valence-corrected chi connectivity index (χ3v) is 4.11. The number of aryl methyl sites for hydroxylation is 1. The summed E-state index contributed by atoms with van der Waals surface area (Å²) in [5.74, 6) is 0. The van der Waals surface area contributed by atoms with E-state index in [9.17, 15) is 0 Å². The van der Waals surface area contributed by atoms with Gasteiger partial charge in [-0.1, -0.05) is 0 Å². The number of amidine groups is 1. The van der Waals surface area contributed by atoms with Crippen LogP contribution < -0.4 is 5.73 Å². The van der Waals surface area contributed by atoms with Crippen molar-refractivity contribution in [3.63, 3.8) is 0 Å². The van der Waals surface area contributed by atoms with Gasteiger partial charge in [0.25, 0.3) is 6.02 Å². The first-order valence-electron chi connectivity index (χ1n) is 3.88. The zero-order valence-electron chi connectivity index (χ0n) is 7.08. The minimum absolute atomic E-state index is 0.0926. The van der Waals surface area contributed by atoms with Crippen LogP contribution in [0.4, 0.5) is 0 Å². The number of halogens is 1. The topological polar surface area (TPSA) is 47.6 Å². The van der Waals surface area contributed by atoms with Crippen LogP contribution in [0.2, 0.25) is 0 Å². The van der Waals surface area contributed by atoms with E-state index in [0.29, 0.717) is 12.6 Å². The molecule has 0 amide bonds. The molecule has 0 aromatic carbocycles. The molecule has 0 saturated carbocycles. The standard InChI is InChI=1S/C8H9BrN2OS/c1-4-5(9)2-7(13-4)6-3-12-8(10)11-6/h2,6H,3H2,1H3,(H2,10,11). The van der Waals surface area contributed by atoms with Crippen molar-refractivity contribution in [1.82, 2.24) is 0 Å². The molecule has 0 fully saturated rings. The van der Waals surface area contributed by atoms with Gasteiger partial charge in [0, 0.05) is 14.2 Å². The largest absolute Gasteiger partial charge is 0.463 e. The third-order valence-electron chi connectivity index (χ3n) is 1.88. The average molecular weight is 261 g/mol. The molecule has 0 saturated heterocycles. The zero-order valence-corrected chi connectivity index (χ0v) is 9.48. The van der Waals surface area contributed by atoms with Gasteiger partial charge in [-0.2, -0.15) is 0 Å². The maximum absolute atomic E-state index is 5.43. The first kappa shape index (κ1) is 9.02. The maximum atomic E-state index is 5.43. The molecule has 0 spiro atoms. The fourth-order valence-corrected chi connectivity index (χ4v) is 2.77. The first-order valence-corrected chi connectivity index (χ1v) is 5.49. The highest BCUT2D eigenvalue weighted by atomic mass is 79.9. The quantitative estimate of drug-likeness (QED) is 0.842. The van der Waals surface area contributed by atoms with Gasteiger partial charge >= 0.3 is 0 Å². The normalized spacial score (nSPS) is 21.4. The van der Waals surface area contributed by atoms with Crippen molar-refractivity contribution in [2.24, 2.45) is 10.7 Å². The Balaban J connectivity index is 2.26.